The second kappa shape index (κ2) is 12.7. The van der Waals surface area contributed by atoms with Gasteiger partial charge in [-0.2, -0.15) is 5.06 Å². The van der Waals surface area contributed by atoms with Crippen molar-refractivity contribution in [3.05, 3.63) is 41.5 Å². The van der Waals surface area contributed by atoms with Gasteiger partial charge in [0, 0.05) is 37.4 Å². The number of benzene rings is 1. The molecule has 1 saturated carbocycles. The van der Waals surface area contributed by atoms with Crippen molar-refractivity contribution < 1.29 is 57.6 Å². The number of nitrogens with zero attached hydrogens (tertiary/aromatic N) is 1. The van der Waals surface area contributed by atoms with Crippen molar-refractivity contribution >= 4 is 35.8 Å². The first-order valence-corrected chi connectivity index (χ1v) is 15.2. The van der Waals surface area contributed by atoms with Crippen LogP contribution >= 0.6 is 0 Å². The van der Waals surface area contributed by atoms with Crippen LogP contribution in [0.15, 0.2) is 30.3 Å². The van der Waals surface area contributed by atoms with Gasteiger partial charge in [0.15, 0.2) is 6.04 Å². The molecule has 0 spiro atoms. The average molecular weight is 644 g/mol. The van der Waals surface area contributed by atoms with Gasteiger partial charge in [0.1, 0.15) is 43.2 Å². The van der Waals surface area contributed by atoms with Crippen LogP contribution < -0.4 is 10.6 Å². The Morgan fingerprint density at radius 1 is 1.07 bits per heavy atom. The largest absolute Gasteiger partial charge is 0.462 e. The van der Waals surface area contributed by atoms with Crippen molar-refractivity contribution in [3.8, 4) is 0 Å². The highest BCUT2D eigenvalue weighted by Crippen LogP contribution is 2.55. The number of ether oxygens (including phenoxy) is 5. The van der Waals surface area contributed by atoms with Crippen molar-refractivity contribution in [2.75, 3.05) is 33.1 Å². The monoisotopic (exact) mass is 643 g/mol. The van der Waals surface area contributed by atoms with Gasteiger partial charge in [-0.05, 0) is 17.2 Å². The fraction of sp³-hybridized carbons (Fsp3) is 0.581. The fourth-order valence-corrected chi connectivity index (χ4v) is 6.74. The van der Waals surface area contributed by atoms with Gasteiger partial charge in [-0.1, -0.05) is 38.1 Å². The molecular weight excluding hydrogens is 606 g/mol. The molecule has 2 amide bonds. The standard InChI is InChI=1S/C31H37N3O12/c1-30(2)15-41-28(39)26(30)45-21(37)8-7-17-3-5-18(6-4-17)14-34-24-27(38)44-19-13-31(24,25(46-34)23-22(19)42-16-43-23)29(40)33-10-9-20(36)32-11-12-35/h3-8,19,22-26,35H,9-16H2,1-2H3,(H,32,36)(H,33,40)/t19-,22-,23-,24-,25+,26-,31-/m0/s1. The van der Waals surface area contributed by atoms with Gasteiger partial charge >= 0.3 is 17.9 Å². The van der Waals surface area contributed by atoms with E-state index in [1.807, 2.05) is 0 Å². The van der Waals surface area contributed by atoms with Crippen LogP contribution in [0.2, 0.25) is 0 Å². The number of hydroxylamine groups is 2. The van der Waals surface area contributed by atoms with Gasteiger partial charge in [0.25, 0.3) is 0 Å². The third-order valence-electron chi connectivity index (χ3n) is 9.04. The van der Waals surface area contributed by atoms with E-state index in [1.165, 1.54) is 11.1 Å². The summed E-state index contributed by atoms with van der Waals surface area (Å²) in [5, 5.41) is 15.7. The lowest BCUT2D eigenvalue weighted by Crippen LogP contribution is -2.69. The van der Waals surface area contributed by atoms with Gasteiger partial charge in [-0.3, -0.25) is 19.2 Å². The number of hydrogen-bond acceptors (Lipinski definition) is 13. The maximum atomic E-state index is 13.9. The predicted octanol–water partition coefficient (Wildman–Crippen LogP) is -0.649. The number of carbonyl (C=O) groups excluding carboxylic acids is 5. The SMILES string of the molecule is CC1(C)COC(=O)[C@@H]1OC(=O)C=Cc1ccc(CN2O[C@@H]3[C@H]4OCO[C@H]4[C@@H]4C[C@]3(C(=O)NCCC(=O)NCCO)[C@@H]2C(=O)O4)cc1. The smallest absolute Gasteiger partial charge is 0.348 e. The Bertz CT molecular complexity index is 1410. The molecule has 5 aliphatic rings. The summed E-state index contributed by atoms with van der Waals surface area (Å²) in [4.78, 5) is 70.0. The zero-order chi connectivity index (χ0) is 32.6. The maximum Gasteiger partial charge on any atom is 0.348 e. The number of aliphatic hydroxyl groups is 1. The minimum Gasteiger partial charge on any atom is -0.462 e. The maximum absolute atomic E-state index is 13.9. The van der Waals surface area contributed by atoms with E-state index in [9.17, 15) is 24.0 Å². The van der Waals surface area contributed by atoms with Crippen molar-refractivity contribution in [1.29, 1.82) is 0 Å². The molecule has 1 aliphatic carbocycles. The molecule has 6 rings (SSSR count). The third-order valence-corrected chi connectivity index (χ3v) is 9.04. The van der Waals surface area contributed by atoms with Crippen molar-refractivity contribution in [2.24, 2.45) is 10.8 Å². The third kappa shape index (κ3) is 5.88. The summed E-state index contributed by atoms with van der Waals surface area (Å²) in [5.41, 5.74) is -0.528. The Labute approximate surface area is 264 Å². The number of cyclic esters (lactones) is 1. The lowest BCUT2D eigenvalue weighted by Gasteiger charge is -2.48. The zero-order valence-electron chi connectivity index (χ0n) is 25.5. The van der Waals surface area contributed by atoms with Crippen molar-refractivity contribution in [3.63, 3.8) is 0 Å². The number of amides is 2. The highest BCUT2D eigenvalue weighted by Gasteiger charge is 2.74. The molecule has 15 nitrogen and oxygen atoms in total. The van der Waals surface area contributed by atoms with Crippen molar-refractivity contribution in [1.82, 2.24) is 15.7 Å². The molecule has 5 fully saturated rings. The van der Waals surface area contributed by atoms with Crippen LogP contribution in [-0.4, -0.2) is 110 Å². The van der Waals surface area contributed by atoms with E-state index in [2.05, 4.69) is 10.6 Å². The van der Waals surface area contributed by atoms with Crippen LogP contribution in [0, 0.1) is 10.8 Å². The van der Waals surface area contributed by atoms with Crippen LogP contribution in [-0.2, 0) is 59.0 Å². The molecule has 15 heteroatoms. The topological polar surface area (TPSA) is 188 Å². The molecule has 1 aromatic rings. The molecule has 2 bridgehead atoms. The van der Waals surface area contributed by atoms with Gasteiger partial charge in [0.05, 0.1) is 13.2 Å². The molecule has 3 N–H and O–H groups in total. The Balaban J connectivity index is 1.14. The van der Waals surface area contributed by atoms with Crippen LogP contribution in [0.4, 0.5) is 0 Å². The first-order valence-electron chi connectivity index (χ1n) is 15.2. The van der Waals surface area contributed by atoms with E-state index < -0.39 is 71.2 Å². The molecule has 4 aliphatic heterocycles. The summed E-state index contributed by atoms with van der Waals surface area (Å²) >= 11 is 0. The predicted molar refractivity (Wildman–Crippen MR) is 154 cm³/mol. The van der Waals surface area contributed by atoms with Crippen LogP contribution in [0.25, 0.3) is 6.08 Å². The zero-order valence-corrected chi connectivity index (χ0v) is 25.5. The Kier molecular flexibility index (Phi) is 8.87. The second-order valence-electron chi connectivity index (χ2n) is 12.7. The second-order valence-corrected chi connectivity index (χ2v) is 12.7. The first-order chi connectivity index (χ1) is 22.0. The lowest BCUT2D eigenvalue weighted by molar-refractivity contribution is -0.201. The van der Waals surface area contributed by atoms with E-state index in [0.29, 0.717) is 5.56 Å². The Morgan fingerprint density at radius 3 is 2.54 bits per heavy atom. The summed E-state index contributed by atoms with van der Waals surface area (Å²) in [5.74, 6) is -2.63. The van der Waals surface area contributed by atoms with Crippen molar-refractivity contribution in [2.45, 2.75) is 69.8 Å². The molecule has 7 atom stereocenters. The lowest BCUT2D eigenvalue weighted by atomic mass is 9.62. The molecule has 0 radical (unpaired) electrons. The molecule has 0 unspecified atom stereocenters. The molecule has 248 valence electrons. The molecular formula is C31H37N3O12. The van der Waals surface area contributed by atoms with E-state index in [-0.39, 0.29) is 58.4 Å². The molecule has 4 heterocycles. The number of rotatable bonds is 11. The minimum absolute atomic E-state index is 0.00904. The van der Waals surface area contributed by atoms with Gasteiger partial charge in [-0.25, -0.2) is 9.59 Å². The number of nitrogens with one attached hydrogen (secondary N) is 2. The van der Waals surface area contributed by atoms with Crippen LogP contribution in [0.5, 0.6) is 0 Å². The highest BCUT2D eigenvalue weighted by molar-refractivity contribution is 5.94. The fourth-order valence-electron chi connectivity index (χ4n) is 6.74. The Morgan fingerprint density at radius 2 is 1.83 bits per heavy atom. The van der Waals surface area contributed by atoms with Crippen LogP contribution in [0.3, 0.4) is 0 Å². The molecule has 46 heavy (non-hydrogen) atoms. The van der Waals surface area contributed by atoms with Gasteiger partial charge < -0.3 is 39.4 Å². The normalized spacial score (nSPS) is 32.5. The number of esters is 3. The van der Waals surface area contributed by atoms with E-state index in [0.717, 1.165) is 5.56 Å². The number of hydrogen-bond donors (Lipinski definition) is 3. The Hall–Kier alpha value is -3.89. The molecule has 0 aromatic heterocycles. The number of carbonyl (C=O) groups is 5. The molecule has 4 saturated heterocycles. The van der Waals surface area contributed by atoms with Gasteiger partial charge in [0.2, 0.25) is 17.9 Å². The first kappa shape index (κ1) is 32.1. The summed E-state index contributed by atoms with van der Waals surface area (Å²) in [7, 11) is 0. The highest BCUT2D eigenvalue weighted by atomic mass is 16.8. The number of aliphatic hydroxyl groups excluding tert-OH is 1. The summed E-state index contributed by atoms with van der Waals surface area (Å²) in [6.45, 7) is 3.78. The van der Waals surface area contributed by atoms with Crippen LogP contribution in [0.1, 0.15) is 37.8 Å². The van der Waals surface area contributed by atoms with Gasteiger partial charge in [-0.15, -0.1) is 0 Å². The van der Waals surface area contributed by atoms with E-state index in [1.54, 1.807) is 44.2 Å². The quantitative estimate of drug-likeness (QED) is 0.157. The minimum atomic E-state index is -1.35. The molecule has 1 aromatic carbocycles. The summed E-state index contributed by atoms with van der Waals surface area (Å²) in [6, 6.07) is 6.03. The number of fused-ring (bicyclic) bond motifs is 4. The average Bonchev–Trinajstić information content (AvgIpc) is 3.72. The summed E-state index contributed by atoms with van der Waals surface area (Å²) in [6.07, 6.45) is -0.803. The van der Waals surface area contributed by atoms with E-state index >= 15 is 0 Å². The summed E-state index contributed by atoms with van der Waals surface area (Å²) < 4.78 is 27.6. The van der Waals surface area contributed by atoms with E-state index in [4.69, 9.17) is 33.6 Å².